The maximum absolute atomic E-state index is 4.02. The van der Waals surface area contributed by atoms with Crippen LogP contribution in [-0.4, -0.2) is 15.0 Å². The minimum absolute atomic E-state index is 1.01. The van der Waals surface area contributed by atoms with Crippen molar-refractivity contribution in [1.82, 2.24) is 15.0 Å². The van der Waals surface area contributed by atoms with Crippen molar-refractivity contribution >= 4 is 0 Å². The predicted octanol–water partition coefficient (Wildman–Crippen LogP) is 0.432. The molecule has 0 aliphatic rings. The van der Waals surface area contributed by atoms with E-state index < -0.39 is 0 Å². The van der Waals surface area contributed by atoms with Crippen molar-refractivity contribution in [3.05, 3.63) is 11.4 Å². The fourth-order valence-corrected chi connectivity index (χ4v) is 0.601. The van der Waals surface area contributed by atoms with Crippen LogP contribution in [0.15, 0.2) is 0 Å². The van der Waals surface area contributed by atoms with E-state index in [2.05, 4.69) is 10.2 Å². The number of hydrogen-bond donors (Lipinski definition) is 0. The molecule has 1 heterocycles. The summed E-state index contributed by atoms with van der Waals surface area (Å²) in [6, 6.07) is 0. The van der Waals surface area contributed by atoms with Crippen LogP contribution in [0.4, 0.5) is 0 Å². The summed E-state index contributed by atoms with van der Waals surface area (Å²) in [5.41, 5.74) is 2.01. The lowest BCUT2D eigenvalue weighted by Gasteiger charge is -1.77. The first-order valence-corrected chi connectivity index (χ1v) is 2.54. The Morgan fingerprint density at radius 2 is 1.50 bits per heavy atom. The third-order valence-electron chi connectivity index (χ3n) is 1.11. The van der Waals surface area contributed by atoms with Gasteiger partial charge in [-0.05, 0) is 13.8 Å². The minimum Gasteiger partial charge on any atom is -0.188 e. The van der Waals surface area contributed by atoms with Gasteiger partial charge in [-0.2, -0.15) is 15.0 Å². The lowest BCUT2D eigenvalue weighted by molar-refractivity contribution is 0.646. The van der Waals surface area contributed by atoms with Crippen LogP contribution in [0.1, 0.15) is 11.4 Å². The molecule has 0 unspecified atom stereocenters. The number of hydrogen-bond acceptors (Lipinski definition) is 2. The molecule has 1 aromatic rings. The zero-order valence-electron chi connectivity index (χ0n) is 5.34. The van der Waals surface area contributed by atoms with Crippen molar-refractivity contribution in [2.75, 3.05) is 0 Å². The smallest absolute Gasteiger partial charge is 0.0825 e. The average molecular weight is 111 g/mol. The van der Waals surface area contributed by atoms with E-state index in [4.69, 9.17) is 0 Å². The van der Waals surface area contributed by atoms with E-state index >= 15 is 0 Å². The van der Waals surface area contributed by atoms with E-state index in [0.717, 1.165) is 11.4 Å². The Balaban J connectivity index is 3.14. The third kappa shape index (κ3) is 0.710. The van der Waals surface area contributed by atoms with Gasteiger partial charge in [-0.15, -0.1) is 0 Å². The van der Waals surface area contributed by atoms with Gasteiger partial charge in [-0.3, -0.25) is 0 Å². The summed E-state index contributed by atoms with van der Waals surface area (Å²) in [5, 5.41) is 8.03. The Hall–Kier alpha value is -0.860. The number of aromatic nitrogens is 3. The largest absolute Gasteiger partial charge is 0.188 e. The second kappa shape index (κ2) is 1.58. The highest BCUT2D eigenvalue weighted by atomic mass is 15.5. The minimum atomic E-state index is 1.01. The summed E-state index contributed by atoms with van der Waals surface area (Å²) in [7, 11) is 1.82. The summed E-state index contributed by atoms with van der Waals surface area (Å²) < 4.78 is 0. The molecule has 0 aromatic carbocycles. The fraction of sp³-hybridized carbons (Fsp3) is 0.600. The first-order valence-electron chi connectivity index (χ1n) is 2.54. The van der Waals surface area contributed by atoms with E-state index in [0.29, 0.717) is 0 Å². The molecule has 0 saturated carbocycles. The van der Waals surface area contributed by atoms with Gasteiger partial charge in [0, 0.05) is 7.05 Å². The Morgan fingerprint density at radius 3 is 1.62 bits per heavy atom. The molecule has 0 spiro atoms. The first kappa shape index (κ1) is 5.28. The molecule has 0 atom stereocenters. The average Bonchev–Trinajstić information content (AvgIpc) is 1.85. The van der Waals surface area contributed by atoms with Crippen LogP contribution >= 0.6 is 0 Å². The summed E-state index contributed by atoms with van der Waals surface area (Å²) in [5.74, 6) is 0. The summed E-state index contributed by atoms with van der Waals surface area (Å²) >= 11 is 0. The van der Waals surface area contributed by atoms with Crippen LogP contribution < -0.4 is 0 Å². The SMILES string of the molecule is Cc1nn(C)nc1C. The van der Waals surface area contributed by atoms with Gasteiger partial charge in [0.25, 0.3) is 0 Å². The van der Waals surface area contributed by atoms with Crippen LogP contribution in [0.3, 0.4) is 0 Å². The van der Waals surface area contributed by atoms with Gasteiger partial charge in [0.05, 0.1) is 11.4 Å². The zero-order chi connectivity index (χ0) is 6.15. The summed E-state index contributed by atoms with van der Waals surface area (Å²) in [4.78, 5) is 1.57. The number of aryl methyl sites for hydroxylation is 3. The highest BCUT2D eigenvalue weighted by Gasteiger charge is 1.94. The molecule has 0 saturated heterocycles. The molecule has 44 valence electrons. The molecule has 0 aliphatic carbocycles. The van der Waals surface area contributed by atoms with Gasteiger partial charge in [-0.25, -0.2) is 0 Å². The Kier molecular flexibility index (Phi) is 1.04. The Morgan fingerprint density at radius 1 is 1.12 bits per heavy atom. The molecule has 1 aromatic heterocycles. The molecule has 0 N–H and O–H groups in total. The molecule has 0 bridgehead atoms. The van der Waals surface area contributed by atoms with Gasteiger partial charge in [0.2, 0.25) is 0 Å². The molecular weight excluding hydrogens is 102 g/mol. The quantitative estimate of drug-likeness (QED) is 0.486. The van der Waals surface area contributed by atoms with Crippen molar-refractivity contribution in [3.8, 4) is 0 Å². The second-order valence-electron chi connectivity index (χ2n) is 1.86. The third-order valence-corrected chi connectivity index (χ3v) is 1.11. The fourth-order valence-electron chi connectivity index (χ4n) is 0.601. The van der Waals surface area contributed by atoms with Crippen LogP contribution in [0.5, 0.6) is 0 Å². The van der Waals surface area contributed by atoms with E-state index in [1.807, 2.05) is 20.9 Å². The van der Waals surface area contributed by atoms with Crippen LogP contribution in [0, 0.1) is 13.8 Å². The van der Waals surface area contributed by atoms with E-state index in [-0.39, 0.29) is 0 Å². The Bertz CT molecular complexity index is 170. The topological polar surface area (TPSA) is 30.7 Å². The van der Waals surface area contributed by atoms with Gasteiger partial charge in [0.15, 0.2) is 0 Å². The molecular formula is C5H9N3. The highest BCUT2D eigenvalue weighted by Crippen LogP contribution is 1.94. The van der Waals surface area contributed by atoms with Gasteiger partial charge in [0.1, 0.15) is 0 Å². The maximum atomic E-state index is 4.02. The molecule has 0 radical (unpaired) electrons. The van der Waals surface area contributed by atoms with E-state index in [1.165, 1.54) is 0 Å². The van der Waals surface area contributed by atoms with Crippen molar-refractivity contribution in [3.63, 3.8) is 0 Å². The number of rotatable bonds is 0. The van der Waals surface area contributed by atoms with Crippen LogP contribution in [-0.2, 0) is 7.05 Å². The summed E-state index contributed by atoms with van der Waals surface area (Å²) in [6.07, 6.45) is 0. The molecule has 0 aliphatic heterocycles. The van der Waals surface area contributed by atoms with E-state index in [9.17, 15) is 0 Å². The molecule has 0 amide bonds. The number of nitrogens with zero attached hydrogens (tertiary/aromatic N) is 3. The molecule has 8 heavy (non-hydrogen) atoms. The monoisotopic (exact) mass is 111 g/mol. The predicted molar refractivity (Wildman–Crippen MR) is 30.5 cm³/mol. The molecule has 1 rings (SSSR count). The summed E-state index contributed by atoms with van der Waals surface area (Å²) in [6.45, 7) is 3.89. The standard InChI is InChI=1S/C5H9N3/c1-4-5(2)7-8(3)6-4/h1-3H3. The molecule has 3 nitrogen and oxygen atoms in total. The zero-order valence-corrected chi connectivity index (χ0v) is 5.34. The second-order valence-corrected chi connectivity index (χ2v) is 1.86. The van der Waals surface area contributed by atoms with Crippen LogP contribution in [0.2, 0.25) is 0 Å². The van der Waals surface area contributed by atoms with E-state index in [1.54, 1.807) is 4.80 Å². The van der Waals surface area contributed by atoms with Gasteiger partial charge < -0.3 is 0 Å². The molecule has 0 fully saturated rings. The highest BCUT2D eigenvalue weighted by molar-refractivity contribution is 5.02. The first-order chi connectivity index (χ1) is 3.70. The molecule has 3 heteroatoms. The normalized spacial score (nSPS) is 9.88. The van der Waals surface area contributed by atoms with Crippen molar-refractivity contribution in [2.24, 2.45) is 7.05 Å². The van der Waals surface area contributed by atoms with Gasteiger partial charge in [-0.1, -0.05) is 0 Å². The Labute approximate surface area is 48.3 Å². The van der Waals surface area contributed by atoms with Crippen molar-refractivity contribution in [1.29, 1.82) is 0 Å². The van der Waals surface area contributed by atoms with Crippen molar-refractivity contribution < 1.29 is 0 Å². The maximum Gasteiger partial charge on any atom is 0.0825 e. The lowest BCUT2D eigenvalue weighted by atomic mass is 10.4. The van der Waals surface area contributed by atoms with Gasteiger partial charge >= 0.3 is 0 Å². The van der Waals surface area contributed by atoms with Crippen molar-refractivity contribution in [2.45, 2.75) is 13.8 Å². The van der Waals surface area contributed by atoms with Crippen LogP contribution in [0.25, 0.3) is 0 Å². The lowest BCUT2D eigenvalue weighted by Crippen LogP contribution is -1.91.